The molecule has 0 saturated heterocycles. The van der Waals surface area contributed by atoms with Gasteiger partial charge in [-0.15, -0.1) is 24.8 Å². The van der Waals surface area contributed by atoms with Crippen molar-refractivity contribution in [2.45, 2.75) is 18.7 Å². The maximum absolute atomic E-state index is 13.4. The second-order valence-corrected chi connectivity index (χ2v) is 3.58. The molecule has 0 aromatic carbocycles. The highest BCUT2D eigenvalue weighted by molar-refractivity contribution is 6.17. The lowest BCUT2D eigenvalue weighted by molar-refractivity contribution is -0.275. The Kier molecular flexibility index (Phi) is 4.93. The highest BCUT2D eigenvalue weighted by atomic mass is 35.5. The minimum absolute atomic E-state index is 0.181. The van der Waals surface area contributed by atoms with E-state index in [1.807, 2.05) is 0 Å². The molecule has 0 amide bonds. The van der Waals surface area contributed by atoms with Gasteiger partial charge in [0.05, 0.1) is 25.0 Å². The average molecular weight is 302 g/mol. The Balaban J connectivity index is 3.28. The molecule has 1 aromatic heterocycles. The van der Waals surface area contributed by atoms with Gasteiger partial charge in [-0.3, -0.25) is 4.79 Å². The zero-order valence-electron chi connectivity index (χ0n) is 9.55. The fourth-order valence-corrected chi connectivity index (χ4v) is 1.46. The third-order valence-electron chi connectivity index (χ3n) is 2.06. The first-order valence-corrected chi connectivity index (χ1v) is 5.36. The number of carbonyl (C=O) groups is 1. The van der Waals surface area contributed by atoms with Crippen LogP contribution < -0.4 is 4.74 Å². The van der Waals surface area contributed by atoms with Crippen molar-refractivity contribution in [2.75, 3.05) is 7.11 Å². The molecule has 0 aliphatic rings. The number of esters is 1. The summed E-state index contributed by atoms with van der Waals surface area (Å²) in [4.78, 5) is 14.3. The molecule has 19 heavy (non-hydrogen) atoms. The summed E-state index contributed by atoms with van der Waals surface area (Å²) in [6, 6.07) is 0. The molecule has 0 radical (unpaired) electrons. The molecule has 0 spiro atoms. The molecular weight excluding hydrogens is 294 g/mol. The number of aromatic nitrogens is 1. The number of alkyl halides is 4. The molecule has 0 aliphatic carbocycles. The topological polar surface area (TPSA) is 48.4 Å². The van der Waals surface area contributed by atoms with Gasteiger partial charge in [-0.2, -0.15) is 4.39 Å². The second kappa shape index (κ2) is 6.05. The fraction of sp³-hybridized carbons (Fsp3) is 0.400. The number of pyridine rings is 1. The highest BCUT2D eigenvalue weighted by Gasteiger charge is 2.34. The zero-order chi connectivity index (χ0) is 14.6. The van der Waals surface area contributed by atoms with E-state index in [4.69, 9.17) is 11.6 Å². The van der Waals surface area contributed by atoms with Gasteiger partial charge in [0.15, 0.2) is 0 Å². The lowest BCUT2D eigenvalue weighted by Gasteiger charge is -2.15. The maximum Gasteiger partial charge on any atom is 0.573 e. The summed E-state index contributed by atoms with van der Waals surface area (Å²) < 4.78 is 58.2. The predicted molar refractivity (Wildman–Crippen MR) is 56.2 cm³/mol. The minimum atomic E-state index is -5.04. The number of hydrogen-bond donors (Lipinski definition) is 0. The first-order valence-electron chi connectivity index (χ1n) is 4.83. The monoisotopic (exact) mass is 301 g/mol. The number of nitrogens with zero attached hydrogens (tertiary/aromatic N) is 1. The van der Waals surface area contributed by atoms with Gasteiger partial charge >= 0.3 is 12.3 Å². The van der Waals surface area contributed by atoms with E-state index in [1.54, 1.807) is 0 Å². The van der Waals surface area contributed by atoms with Gasteiger partial charge in [0.1, 0.15) is 5.75 Å². The van der Waals surface area contributed by atoms with Gasteiger partial charge in [-0.05, 0) is 0 Å². The normalized spacial score (nSPS) is 11.3. The maximum atomic E-state index is 13.4. The predicted octanol–water partition coefficient (Wildman–Crippen LogP) is 2.57. The Morgan fingerprint density at radius 3 is 2.58 bits per heavy atom. The fourth-order valence-electron chi connectivity index (χ4n) is 1.27. The van der Waals surface area contributed by atoms with Crippen molar-refractivity contribution in [2.24, 2.45) is 0 Å². The molecular formula is C10H8ClF4NO3. The number of ether oxygens (including phenoxy) is 2. The third-order valence-corrected chi connectivity index (χ3v) is 2.35. The molecule has 4 nitrogen and oxygen atoms in total. The molecule has 1 heterocycles. The van der Waals surface area contributed by atoms with Crippen LogP contribution in [-0.4, -0.2) is 24.4 Å². The first-order chi connectivity index (χ1) is 8.78. The van der Waals surface area contributed by atoms with Crippen molar-refractivity contribution in [3.05, 3.63) is 23.3 Å². The molecule has 0 bridgehead atoms. The molecule has 106 valence electrons. The van der Waals surface area contributed by atoms with Crippen LogP contribution in [0.25, 0.3) is 0 Å². The Bertz CT molecular complexity index is 479. The number of hydrogen-bond acceptors (Lipinski definition) is 4. The summed E-state index contributed by atoms with van der Waals surface area (Å²) in [5.41, 5.74) is -0.832. The minimum Gasteiger partial charge on any atom is -0.469 e. The van der Waals surface area contributed by atoms with Crippen molar-refractivity contribution in [3.63, 3.8) is 0 Å². The van der Waals surface area contributed by atoms with E-state index in [0.717, 1.165) is 13.3 Å². The smallest absolute Gasteiger partial charge is 0.469 e. The molecule has 0 aliphatic heterocycles. The first kappa shape index (κ1) is 15.5. The van der Waals surface area contributed by atoms with E-state index in [-0.39, 0.29) is 11.4 Å². The van der Waals surface area contributed by atoms with E-state index in [9.17, 15) is 22.4 Å². The Morgan fingerprint density at radius 2 is 2.11 bits per heavy atom. The van der Waals surface area contributed by atoms with Crippen LogP contribution in [-0.2, 0) is 21.8 Å². The summed E-state index contributed by atoms with van der Waals surface area (Å²) in [7, 11) is 1.02. The molecule has 0 unspecified atom stereocenters. The SMILES string of the molecule is COC(=O)Cc1c(F)ncc(CCl)c1OC(F)(F)F. The van der Waals surface area contributed by atoms with Gasteiger partial charge in [-0.1, -0.05) is 0 Å². The Hall–Kier alpha value is -1.57. The average Bonchev–Trinajstić information content (AvgIpc) is 2.32. The van der Waals surface area contributed by atoms with Crippen LogP contribution in [0.4, 0.5) is 17.6 Å². The standard InChI is InChI=1S/C10H8ClF4NO3/c1-18-7(17)2-6-8(19-10(13,14)15)5(3-11)4-16-9(6)12/h4H,2-3H2,1H3. The second-order valence-electron chi connectivity index (χ2n) is 3.32. The van der Waals surface area contributed by atoms with Crippen LogP contribution >= 0.6 is 11.6 Å². The molecule has 1 aromatic rings. The highest BCUT2D eigenvalue weighted by Crippen LogP contribution is 2.32. The summed E-state index contributed by atoms with van der Waals surface area (Å²) in [5.74, 6) is -3.43. The molecule has 9 heteroatoms. The van der Waals surface area contributed by atoms with Crippen LogP contribution in [0.15, 0.2) is 6.20 Å². The Morgan fingerprint density at radius 1 is 1.47 bits per heavy atom. The van der Waals surface area contributed by atoms with Crippen LogP contribution in [0.5, 0.6) is 5.75 Å². The van der Waals surface area contributed by atoms with Crippen LogP contribution in [0.3, 0.4) is 0 Å². The quantitative estimate of drug-likeness (QED) is 0.371. The third kappa shape index (κ3) is 4.23. The number of methoxy groups -OCH3 is 1. The van der Waals surface area contributed by atoms with Crippen molar-refractivity contribution < 1.29 is 31.8 Å². The summed E-state index contributed by atoms with van der Waals surface area (Å²) in [6.07, 6.45) is -4.98. The van der Waals surface area contributed by atoms with Gasteiger partial charge in [0.2, 0.25) is 5.95 Å². The molecule has 0 atom stereocenters. The molecule has 0 fully saturated rings. The van der Waals surface area contributed by atoms with Crippen LogP contribution in [0.2, 0.25) is 0 Å². The Labute approximate surface area is 110 Å². The number of rotatable bonds is 4. The molecule has 0 saturated carbocycles. The molecule has 0 N–H and O–H groups in total. The number of halogens is 5. The van der Waals surface area contributed by atoms with Crippen molar-refractivity contribution in [3.8, 4) is 5.75 Å². The lowest BCUT2D eigenvalue weighted by atomic mass is 10.1. The van der Waals surface area contributed by atoms with E-state index < -0.39 is 36.0 Å². The lowest BCUT2D eigenvalue weighted by Crippen LogP contribution is -2.21. The van der Waals surface area contributed by atoms with E-state index in [0.29, 0.717) is 0 Å². The van der Waals surface area contributed by atoms with E-state index >= 15 is 0 Å². The van der Waals surface area contributed by atoms with Gasteiger partial charge in [-0.25, -0.2) is 4.98 Å². The largest absolute Gasteiger partial charge is 0.573 e. The summed E-state index contributed by atoms with van der Waals surface area (Å²) >= 11 is 5.43. The van der Waals surface area contributed by atoms with E-state index in [2.05, 4.69) is 14.5 Å². The summed E-state index contributed by atoms with van der Waals surface area (Å²) in [5, 5.41) is 0. The van der Waals surface area contributed by atoms with Crippen LogP contribution in [0.1, 0.15) is 11.1 Å². The van der Waals surface area contributed by atoms with Crippen LogP contribution in [0, 0.1) is 5.95 Å². The van der Waals surface area contributed by atoms with Crippen molar-refractivity contribution in [1.82, 2.24) is 4.98 Å². The van der Waals surface area contributed by atoms with Crippen molar-refractivity contribution >= 4 is 17.6 Å². The van der Waals surface area contributed by atoms with Crippen molar-refractivity contribution in [1.29, 1.82) is 0 Å². The van der Waals surface area contributed by atoms with Gasteiger partial charge in [0, 0.05) is 11.8 Å². The van der Waals surface area contributed by atoms with E-state index in [1.165, 1.54) is 0 Å². The zero-order valence-corrected chi connectivity index (χ0v) is 10.3. The van der Waals surface area contributed by atoms with Gasteiger partial charge < -0.3 is 9.47 Å². The summed E-state index contributed by atoms with van der Waals surface area (Å²) in [6.45, 7) is 0. The number of carbonyl (C=O) groups excluding carboxylic acids is 1. The molecule has 1 rings (SSSR count). The van der Waals surface area contributed by atoms with Gasteiger partial charge in [0.25, 0.3) is 0 Å².